The molecule has 188 valence electrons. The minimum absolute atomic E-state index is 0.0538. The summed E-state index contributed by atoms with van der Waals surface area (Å²) in [5.74, 6) is -46.6. The quantitative estimate of drug-likeness (QED) is 0.274. The van der Waals surface area contributed by atoms with Gasteiger partial charge in [0.15, 0.2) is 0 Å². The molecule has 0 aliphatic carbocycles. The zero-order valence-corrected chi connectivity index (χ0v) is 17.9. The SMILES string of the molecule is FC(F)(F)C(F)(F)C(F)(F)C(F)(F)C(F)(F)C(F)(F)C(F)(F)c1ccc(-c2ccc(Br)s2)s1. The first-order valence-electron chi connectivity index (χ1n) is 7.66. The number of thiophene rings is 2. The maximum absolute atomic E-state index is 14.2. The van der Waals surface area contributed by atoms with E-state index in [1.54, 1.807) is 0 Å². The Morgan fingerprint density at radius 3 is 1.30 bits per heavy atom. The molecule has 0 N–H and O–H groups in total. The van der Waals surface area contributed by atoms with E-state index in [1.807, 2.05) is 0 Å². The topological polar surface area (TPSA) is 0 Å². The van der Waals surface area contributed by atoms with Crippen LogP contribution in [0, 0.1) is 0 Å². The van der Waals surface area contributed by atoms with Gasteiger partial charge in [0.25, 0.3) is 0 Å². The predicted molar refractivity (Wildman–Crippen MR) is 90.0 cm³/mol. The highest BCUT2D eigenvalue weighted by atomic mass is 79.9. The van der Waals surface area contributed by atoms with Gasteiger partial charge in [-0.25, -0.2) is 0 Å². The molecule has 2 aromatic rings. The van der Waals surface area contributed by atoms with Gasteiger partial charge in [-0.1, -0.05) is 0 Å². The lowest BCUT2D eigenvalue weighted by molar-refractivity contribution is -0.453. The van der Waals surface area contributed by atoms with Crippen LogP contribution in [0.1, 0.15) is 4.88 Å². The minimum atomic E-state index is -8.29. The summed E-state index contributed by atoms with van der Waals surface area (Å²) in [5, 5.41) is 0. The van der Waals surface area contributed by atoms with Crippen molar-refractivity contribution in [1.82, 2.24) is 0 Å². The first-order valence-corrected chi connectivity index (χ1v) is 10.1. The maximum atomic E-state index is 14.2. The Kier molecular flexibility index (Phi) is 6.74. The Morgan fingerprint density at radius 1 is 0.485 bits per heavy atom. The van der Waals surface area contributed by atoms with Crippen LogP contribution in [-0.2, 0) is 5.92 Å². The Hall–Kier alpha value is -1.17. The Labute approximate surface area is 189 Å². The van der Waals surface area contributed by atoms with E-state index in [-0.39, 0.29) is 27.2 Å². The summed E-state index contributed by atoms with van der Waals surface area (Å²) in [7, 11) is 0. The molecule has 33 heavy (non-hydrogen) atoms. The molecular formula is C15H4BrF15S2. The highest BCUT2D eigenvalue weighted by Crippen LogP contribution is 2.64. The van der Waals surface area contributed by atoms with Gasteiger partial charge < -0.3 is 0 Å². The summed E-state index contributed by atoms with van der Waals surface area (Å²) in [5.41, 5.74) is 0. The van der Waals surface area contributed by atoms with Crippen LogP contribution in [0.2, 0.25) is 0 Å². The average Bonchev–Trinajstić information content (AvgIpc) is 3.29. The molecule has 0 atom stereocenters. The number of halogens is 16. The molecular weight excluding hydrogens is 609 g/mol. The fourth-order valence-electron chi connectivity index (χ4n) is 2.21. The van der Waals surface area contributed by atoms with Crippen molar-refractivity contribution >= 4 is 38.6 Å². The van der Waals surface area contributed by atoms with E-state index in [2.05, 4.69) is 15.9 Å². The predicted octanol–water partition coefficient (Wildman–Crippen LogP) is 9.07. The zero-order chi connectivity index (χ0) is 26.1. The summed E-state index contributed by atoms with van der Waals surface area (Å²) < 4.78 is 200. The molecule has 2 aromatic heterocycles. The van der Waals surface area contributed by atoms with Gasteiger partial charge in [-0.2, -0.15) is 65.9 Å². The van der Waals surface area contributed by atoms with Crippen LogP contribution in [0.5, 0.6) is 0 Å². The van der Waals surface area contributed by atoms with Crippen molar-refractivity contribution < 1.29 is 65.9 Å². The summed E-state index contributed by atoms with van der Waals surface area (Å²) in [6, 6.07) is 3.30. The van der Waals surface area contributed by atoms with Gasteiger partial charge in [-0.15, -0.1) is 22.7 Å². The molecule has 0 aliphatic rings. The lowest BCUT2D eigenvalue weighted by Crippen LogP contribution is -2.72. The van der Waals surface area contributed by atoms with E-state index >= 15 is 0 Å². The second-order valence-corrected chi connectivity index (χ2v) is 9.76. The van der Waals surface area contributed by atoms with Crippen molar-refractivity contribution in [3.05, 3.63) is 32.9 Å². The number of rotatable bonds is 7. The lowest BCUT2D eigenvalue weighted by atomic mass is 9.90. The minimum Gasteiger partial charge on any atom is -0.193 e. The van der Waals surface area contributed by atoms with E-state index in [0.717, 1.165) is 11.3 Å². The van der Waals surface area contributed by atoms with E-state index in [0.29, 0.717) is 9.85 Å². The Balaban J connectivity index is 2.57. The van der Waals surface area contributed by atoms with Gasteiger partial charge in [0.05, 0.1) is 8.66 Å². The molecule has 0 aliphatic heterocycles. The molecule has 2 heterocycles. The van der Waals surface area contributed by atoms with E-state index < -0.39 is 46.6 Å². The molecule has 0 spiro atoms. The standard InChI is InChI=1S/C15H4BrF15S2/c16-8-4-2-6(33-8)5-1-3-7(32-5)9(17,18)10(19,20)11(21,22)12(23,24)13(25,26)14(27,28)15(29,30)31/h1-4H. The first-order chi connectivity index (χ1) is 14.5. The number of hydrogen-bond donors (Lipinski definition) is 0. The third-order valence-electron chi connectivity index (χ3n) is 4.06. The van der Waals surface area contributed by atoms with Crippen molar-refractivity contribution in [2.75, 3.05) is 0 Å². The van der Waals surface area contributed by atoms with Crippen molar-refractivity contribution in [2.45, 2.75) is 41.7 Å². The van der Waals surface area contributed by atoms with Crippen LogP contribution in [0.25, 0.3) is 9.75 Å². The normalized spacial score (nSPS) is 15.3. The zero-order valence-electron chi connectivity index (χ0n) is 14.7. The van der Waals surface area contributed by atoms with Gasteiger partial charge >= 0.3 is 41.7 Å². The largest absolute Gasteiger partial charge is 0.460 e. The van der Waals surface area contributed by atoms with Crippen LogP contribution >= 0.6 is 38.6 Å². The summed E-state index contributed by atoms with van der Waals surface area (Å²) >= 11 is 3.43. The molecule has 0 fully saturated rings. The highest BCUT2D eigenvalue weighted by molar-refractivity contribution is 9.11. The van der Waals surface area contributed by atoms with Gasteiger partial charge in [0, 0.05) is 9.75 Å². The molecule has 0 saturated carbocycles. The van der Waals surface area contributed by atoms with E-state index in [1.165, 1.54) is 12.1 Å². The molecule has 0 bridgehead atoms. The van der Waals surface area contributed by atoms with E-state index in [9.17, 15) is 65.9 Å². The fourth-order valence-corrected chi connectivity index (χ4v) is 4.70. The van der Waals surface area contributed by atoms with Crippen molar-refractivity contribution in [1.29, 1.82) is 0 Å². The molecule has 0 aromatic carbocycles. The van der Waals surface area contributed by atoms with Gasteiger partial charge in [0.2, 0.25) is 0 Å². The third kappa shape index (κ3) is 3.92. The second kappa shape index (κ2) is 7.93. The van der Waals surface area contributed by atoms with Crippen LogP contribution in [0.3, 0.4) is 0 Å². The Morgan fingerprint density at radius 2 is 0.879 bits per heavy atom. The highest BCUT2D eigenvalue weighted by Gasteiger charge is 2.93. The van der Waals surface area contributed by atoms with Crippen LogP contribution in [0.4, 0.5) is 65.9 Å². The van der Waals surface area contributed by atoms with Gasteiger partial charge in [-0.3, -0.25) is 0 Å². The monoisotopic (exact) mass is 612 g/mol. The molecule has 0 unspecified atom stereocenters. The molecule has 0 radical (unpaired) electrons. The van der Waals surface area contributed by atoms with Gasteiger partial charge in [-0.05, 0) is 40.2 Å². The van der Waals surface area contributed by atoms with Crippen LogP contribution in [0.15, 0.2) is 28.1 Å². The molecule has 0 nitrogen and oxygen atoms in total. The first kappa shape index (κ1) is 28.1. The van der Waals surface area contributed by atoms with Gasteiger partial charge in [0.1, 0.15) is 0 Å². The number of hydrogen-bond acceptors (Lipinski definition) is 2. The molecule has 0 saturated heterocycles. The average molecular weight is 613 g/mol. The third-order valence-corrected chi connectivity index (χ3v) is 7.03. The molecule has 0 amide bonds. The van der Waals surface area contributed by atoms with Crippen LogP contribution < -0.4 is 0 Å². The summed E-state index contributed by atoms with van der Waals surface area (Å²) in [6.45, 7) is 0. The maximum Gasteiger partial charge on any atom is 0.460 e. The lowest BCUT2D eigenvalue weighted by Gasteiger charge is -2.41. The van der Waals surface area contributed by atoms with E-state index in [4.69, 9.17) is 0 Å². The Bertz CT molecular complexity index is 1000. The van der Waals surface area contributed by atoms with Crippen molar-refractivity contribution in [2.24, 2.45) is 0 Å². The van der Waals surface area contributed by atoms with Crippen molar-refractivity contribution in [3.63, 3.8) is 0 Å². The smallest absolute Gasteiger partial charge is 0.193 e. The fraction of sp³-hybridized carbons (Fsp3) is 0.467. The molecule has 2 rings (SSSR count). The number of alkyl halides is 15. The molecule has 18 heteroatoms. The second-order valence-electron chi connectivity index (χ2n) is 6.21. The van der Waals surface area contributed by atoms with Crippen molar-refractivity contribution in [3.8, 4) is 9.75 Å². The summed E-state index contributed by atoms with van der Waals surface area (Å²) in [6.07, 6.45) is -7.62. The van der Waals surface area contributed by atoms with Crippen LogP contribution in [-0.4, -0.2) is 35.8 Å². The summed E-state index contributed by atoms with van der Waals surface area (Å²) in [4.78, 5) is -2.28.